The normalized spacial score (nSPS) is 24.6. The van der Waals surface area contributed by atoms with E-state index in [4.69, 9.17) is 5.73 Å². The molecule has 0 aromatic heterocycles. The fourth-order valence-electron chi connectivity index (χ4n) is 2.99. The molecule has 2 N–H and O–H groups in total. The van der Waals surface area contributed by atoms with E-state index in [9.17, 15) is 13.2 Å². The van der Waals surface area contributed by atoms with Crippen molar-refractivity contribution in [3.05, 3.63) is 35.1 Å². The summed E-state index contributed by atoms with van der Waals surface area (Å²) in [5, 5.41) is 0. The Morgan fingerprint density at radius 2 is 1.85 bits per heavy atom. The van der Waals surface area contributed by atoms with Crippen molar-refractivity contribution in [3.63, 3.8) is 0 Å². The van der Waals surface area contributed by atoms with Gasteiger partial charge in [0.1, 0.15) is 5.82 Å². The van der Waals surface area contributed by atoms with Gasteiger partial charge in [0, 0.05) is 17.7 Å². The van der Waals surface area contributed by atoms with Crippen molar-refractivity contribution < 1.29 is 13.2 Å². The van der Waals surface area contributed by atoms with Gasteiger partial charge in [0.2, 0.25) is 0 Å². The molecule has 0 saturated carbocycles. The topological polar surface area (TPSA) is 29.3 Å². The summed E-state index contributed by atoms with van der Waals surface area (Å²) in [5.74, 6) is -2.89. The Balaban J connectivity index is 2.41. The Morgan fingerprint density at radius 3 is 2.55 bits per heavy atom. The van der Waals surface area contributed by atoms with E-state index in [1.165, 1.54) is 0 Å². The number of nitrogens with two attached hydrogens (primary N) is 1. The van der Waals surface area contributed by atoms with Crippen LogP contribution in [0.1, 0.15) is 44.2 Å². The molecule has 2 nitrogen and oxygen atoms in total. The van der Waals surface area contributed by atoms with Gasteiger partial charge in [-0.3, -0.25) is 4.90 Å². The predicted octanol–water partition coefficient (Wildman–Crippen LogP) is 3.37. The number of rotatable bonds is 3. The molecule has 1 aliphatic heterocycles. The van der Waals surface area contributed by atoms with Crippen LogP contribution in [0.25, 0.3) is 0 Å². The average molecular weight is 286 g/mol. The molecule has 2 atom stereocenters. The van der Waals surface area contributed by atoms with Crippen LogP contribution >= 0.6 is 0 Å². The Morgan fingerprint density at radius 1 is 1.15 bits per heavy atom. The lowest BCUT2D eigenvalue weighted by atomic mass is 9.95. The molecule has 2 rings (SSSR count). The van der Waals surface area contributed by atoms with E-state index in [1.54, 1.807) is 0 Å². The third kappa shape index (κ3) is 3.15. The summed E-state index contributed by atoms with van der Waals surface area (Å²) in [7, 11) is 0. The third-order valence-corrected chi connectivity index (χ3v) is 3.90. The smallest absolute Gasteiger partial charge is 0.161 e. The molecule has 0 amide bonds. The molecular weight excluding hydrogens is 265 g/mol. The van der Waals surface area contributed by atoms with Gasteiger partial charge in [0.05, 0.1) is 6.04 Å². The Kier molecular flexibility index (Phi) is 5.05. The number of halogens is 3. The Bertz CT molecular complexity index is 465. The first-order valence-electron chi connectivity index (χ1n) is 7.18. The van der Waals surface area contributed by atoms with E-state index in [0.717, 1.165) is 44.8 Å². The lowest BCUT2D eigenvalue weighted by Crippen LogP contribution is -2.40. The molecule has 0 aliphatic carbocycles. The molecular formula is C15H21F3N2. The van der Waals surface area contributed by atoms with Crippen LogP contribution < -0.4 is 5.73 Å². The maximum absolute atomic E-state index is 14.0. The molecule has 1 aliphatic rings. The first-order valence-corrected chi connectivity index (χ1v) is 7.18. The second kappa shape index (κ2) is 6.59. The third-order valence-electron chi connectivity index (χ3n) is 3.90. The molecule has 0 bridgehead atoms. The summed E-state index contributed by atoms with van der Waals surface area (Å²) >= 11 is 0. The van der Waals surface area contributed by atoms with Crippen LogP contribution in [0.3, 0.4) is 0 Å². The molecule has 1 fully saturated rings. The second-order valence-corrected chi connectivity index (χ2v) is 5.43. The molecule has 0 radical (unpaired) electrons. The van der Waals surface area contributed by atoms with Crippen LogP contribution in [0.2, 0.25) is 0 Å². The van der Waals surface area contributed by atoms with E-state index in [1.807, 2.05) is 6.92 Å². The van der Waals surface area contributed by atoms with Gasteiger partial charge in [0.15, 0.2) is 11.6 Å². The molecule has 1 saturated heterocycles. The van der Waals surface area contributed by atoms with Crippen molar-refractivity contribution in [1.82, 2.24) is 4.90 Å². The van der Waals surface area contributed by atoms with Crippen molar-refractivity contribution in [2.45, 2.75) is 44.7 Å². The Labute approximate surface area is 117 Å². The standard InChI is InChI=1S/C15H21F3N2/c1-2-6-20-7-4-3-5-14(19)15(20)10-8-12(17)13(18)9-11(10)16/h8-9,14-15H,2-7,19H2,1H3. The van der Waals surface area contributed by atoms with Gasteiger partial charge in [-0.25, -0.2) is 13.2 Å². The number of likely N-dealkylation sites (tertiary alicyclic amines) is 1. The van der Waals surface area contributed by atoms with Crippen LogP contribution in [0.15, 0.2) is 12.1 Å². The second-order valence-electron chi connectivity index (χ2n) is 5.43. The first kappa shape index (κ1) is 15.3. The van der Waals surface area contributed by atoms with E-state index in [0.29, 0.717) is 6.07 Å². The maximum Gasteiger partial charge on any atom is 0.161 e. The van der Waals surface area contributed by atoms with Gasteiger partial charge in [0.25, 0.3) is 0 Å². The SMILES string of the molecule is CCCN1CCCCC(N)C1c1cc(F)c(F)cc1F. The highest BCUT2D eigenvalue weighted by molar-refractivity contribution is 5.25. The highest BCUT2D eigenvalue weighted by Gasteiger charge is 2.31. The van der Waals surface area contributed by atoms with Crippen molar-refractivity contribution in [3.8, 4) is 0 Å². The van der Waals surface area contributed by atoms with Crippen LogP contribution in [0, 0.1) is 17.5 Å². The predicted molar refractivity (Wildman–Crippen MR) is 72.7 cm³/mol. The molecule has 0 spiro atoms. The van der Waals surface area contributed by atoms with E-state index in [2.05, 4.69) is 4.90 Å². The van der Waals surface area contributed by atoms with Gasteiger partial charge in [-0.05, 0) is 38.4 Å². The molecule has 1 aromatic carbocycles. The van der Waals surface area contributed by atoms with Crippen molar-refractivity contribution in [1.29, 1.82) is 0 Å². The van der Waals surface area contributed by atoms with E-state index < -0.39 is 17.5 Å². The summed E-state index contributed by atoms with van der Waals surface area (Å²) < 4.78 is 40.6. The summed E-state index contributed by atoms with van der Waals surface area (Å²) in [5.41, 5.74) is 6.34. The highest BCUT2D eigenvalue weighted by Crippen LogP contribution is 2.32. The minimum absolute atomic E-state index is 0.173. The van der Waals surface area contributed by atoms with E-state index in [-0.39, 0.29) is 17.6 Å². The lowest BCUT2D eigenvalue weighted by molar-refractivity contribution is 0.181. The van der Waals surface area contributed by atoms with Gasteiger partial charge in [-0.2, -0.15) is 0 Å². The number of nitrogens with zero attached hydrogens (tertiary/aromatic N) is 1. The zero-order chi connectivity index (χ0) is 14.7. The van der Waals surface area contributed by atoms with Crippen LogP contribution in [0.5, 0.6) is 0 Å². The fourth-order valence-corrected chi connectivity index (χ4v) is 2.99. The minimum Gasteiger partial charge on any atom is -0.326 e. The average Bonchev–Trinajstić information content (AvgIpc) is 2.57. The summed E-state index contributed by atoms with van der Waals surface area (Å²) in [6.45, 7) is 3.62. The fraction of sp³-hybridized carbons (Fsp3) is 0.600. The largest absolute Gasteiger partial charge is 0.326 e. The van der Waals surface area contributed by atoms with Crippen LogP contribution in [-0.2, 0) is 0 Å². The lowest BCUT2D eigenvalue weighted by Gasteiger charge is -2.33. The van der Waals surface area contributed by atoms with Crippen LogP contribution in [-0.4, -0.2) is 24.0 Å². The zero-order valence-corrected chi connectivity index (χ0v) is 11.7. The monoisotopic (exact) mass is 286 g/mol. The first-order chi connectivity index (χ1) is 9.54. The quantitative estimate of drug-likeness (QED) is 0.863. The number of hydrogen-bond acceptors (Lipinski definition) is 2. The van der Waals surface area contributed by atoms with Gasteiger partial charge >= 0.3 is 0 Å². The van der Waals surface area contributed by atoms with Gasteiger partial charge in [-0.1, -0.05) is 13.3 Å². The molecule has 5 heteroatoms. The summed E-state index contributed by atoms with van der Waals surface area (Å²) in [4.78, 5) is 2.09. The summed E-state index contributed by atoms with van der Waals surface area (Å²) in [6, 6.07) is 0.936. The zero-order valence-electron chi connectivity index (χ0n) is 11.7. The van der Waals surface area contributed by atoms with Crippen molar-refractivity contribution in [2.24, 2.45) is 5.73 Å². The van der Waals surface area contributed by atoms with E-state index >= 15 is 0 Å². The van der Waals surface area contributed by atoms with Crippen molar-refractivity contribution >= 4 is 0 Å². The molecule has 2 unspecified atom stereocenters. The minimum atomic E-state index is -1.16. The van der Waals surface area contributed by atoms with Crippen molar-refractivity contribution in [2.75, 3.05) is 13.1 Å². The Hall–Kier alpha value is -1.07. The highest BCUT2D eigenvalue weighted by atomic mass is 19.2. The molecule has 1 aromatic rings. The molecule has 20 heavy (non-hydrogen) atoms. The summed E-state index contributed by atoms with van der Waals surface area (Å²) in [6.07, 6.45) is 3.65. The van der Waals surface area contributed by atoms with Gasteiger partial charge in [-0.15, -0.1) is 0 Å². The van der Waals surface area contributed by atoms with Gasteiger partial charge < -0.3 is 5.73 Å². The van der Waals surface area contributed by atoms with Crippen LogP contribution in [0.4, 0.5) is 13.2 Å². The maximum atomic E-state index is 14.0. The molecule has 1 heterocycles. The number of hydrogen-bond donors (Lipinski definition) is 1. The number of benzene rings is 1. The molecule has 112 valence electrons.